The minimum atomic E-state index is -4.65. The topological polar surface area (TPSA) is 48.4 Å². The van der Waals surface area contributed by atoms with Crippen molar-refractivity contribution < 1.29 is 36.2 Å². The Morgan fingerprint density at radius 2 is 1.78 bits per heavy atom. The highest BCUT2D eigenvalue weighted by Gasteiger charge is 2.31. The molecule has 0 saturated heterocycles. The predicted octanol–water partition coefficient (Wildman–Crippen LogP) is 7.99. The SMILES string of the molecule is CCOC(=O)c1cc(C2=C(c3cc(Br)cnc3OCc3ccc(C(F)(F)F)cc3F)CCC2)ccc1F. The summed E-state index contributed by atoms with van der Waals surface area (Å²) in [5, 5.41) is 0. The van der Waals surface area contributed by atoms with Crippen LogP contribution in [0.5, 0.6) is 5.88 Å². The van der Waals surface area contributed by atoms with E-state index in [0.29, 0.717) is 34.5 Å². The molecule has 1 heterocycles. The number of esters is 1. The molecule has 0 bridgehead atoms. The van der Waals surface area contributed by atoms with Crippen LogP contribution in [0.4, 0.5) is 22.0 Å². The number of alkyl halides is 3. The molecule has 194 valence electrons. The number of rotatable bonds is 7. The highest BCUT2D eigenvalue weighted by Crippen LogP contribution is 2.43. The molecule has 0 saturated carbocycles. The number of hydrogen-bond donors (Lipinski definition) is 0. The number of halogens is 6. The predicted molar refractivity (Wildman–Crippen MR) is 131 cm³/mol. The molecule has 10 heteroatoms. The van der Waals surface area contributed by atoms with Gasteiger partial charge in [-0.15, -0.1) is 0 Å². The zero-order valence-electron chi connectivity index (χ0n) is 19.6. The normalized spacial score (nSPS) is 13.7. The maximum Gasteiger partial charge on any atom is 0.416 e. The maximum atomic E-state index is 14.3. The van der Waals surface area contributed by atoms with Crippen molar-refractivity contribution in [3.63, 3.8) is 0 Å². The first-order chi connectivity index (χ1) is 17.6. The Hall–Kier alpha value is -3.27. The van der Waals surface area contributed by atoms with Gasteiger partial charge >= 0.3 is 12.1 Å². The van der Waals surface area contributed by atoms with E-state index in [2.05, 4.69) is 20.9 Å². The zero-order valence-corrected chi connectivity index (χ0v) is 21.2. The summed E-state index contributed by atoms with van der Waals surface area (Å²) in [7, 11) is 0. The molecule has 37 heavy (non-hydrogen) atoms. The van der Waals surface area contributed by atoms with Gasteiger partial charge in [0.05, 0.1) is 17.7 Å². The van der Waals surface area contributed by atoms with Gasteiger partial charge in [0.25, 0.3) is 0 Å². The second-order valence-electron chi connectivity index (χ2n) is 8.32. The summed E-state index contributed by atoms with van der Waals surface area (Å²) < 4.78 is 78.6. The van der Waals surface area contributed by atoms with E-state index in [1.165, 1.54) is 18.3 Å². The summed E-state index contributed by atoms with van der Waals surface area (Å²) in [6.07, 6.45) is -1.07. The highest BCUT2D eigenvalue weighted by atomic mass is 79.9. The third kappa shape index (κ3) is 6.01. The van der Waals surface area contributed by atoms with E-state index in [0.717, 1.165) is 29.7 Å². The highest BCUT2D eigenvalue weighted by molar-refractivity contribution is 9.10. The van der Waals surface area contributed by atoms with Gasteiger partial charge in [0.2, 0.25) is 5.88 Å². The van der Waals surface area contributed by atoms with Crippen molar-refractivity contribution in [1.29, 1.82) is 0 Å². The lowest BCUT2D eigenvalue weighted by Gasteiger charge is -2.15. The third-order valence-electron chi connectivity index (χ3n) is 5.92. The van der Waals surface area contributed by atoms with Crippen LogP contribution in [-0.4, -0.2) is 17.6 Å². The number of ether oxygens (including phenoxy) is 2. The van der Waals surface area contributed by atoms with E-state index in [1.54, 1.807) is 19.1 Å². The zero-order chi connectivity index (χ0) is 26.7. The third-order valence-corrected chi connectivity index (χ3v) is 6.35. The minimum Gasteiger partial charge on any atom is -0.472 e. The number of aromatic nitrogens is 1. The van der Waals surface area contributed by atoms with Crippen molar-refractivity contribution in [2.45, 2.75) is 39.0 Å². The lowest BCUT2D eigenvalue weighted by atomic mass is 9.96. The number of hydrogen-bond acceptors (Lipinski definition) is 4. The number of pyridine rings is 1. The Kier molecular flexibility index (Phi) is 7.96. The van der Waals surface area contributed by atoms with Crippen LogP contribution in [0.1, 0.15) is 58.8 Å². The van der Waals surface area contributed by atoms with Crippen molar-refractivity contribution in [3.8, 4) is 5.88 Å². The summed E-state index contributed by atoms with van der Waals surface area (Å²) in [6.45, 7) is 1.41. The van der Waals surface area contributed by atoms with Gasteiger partial charge in [-0.1, -0.05) is 12.1 Å². The van der Waals surface area contributed by atoms with Gasteiger partial charge in [-0.2, -0.15) is 13.2 Å². The van der Waals surface area contributed by atoms with E-state index in [1.807, 2.05) is 0 Å². The van der Waals surface area contributed by atoms with Crippen molar-refractivity contribution in [2.24, 2.45) is 0 Å². The number of allylic oxidation sites excluding steroid dienone is 2. The number of nitrogens with zero attached hydrogens (tertiary/aromatic N) is 1. The molecule has 1 aliphatic rings. The van der Waals surface area contributed by atoms with Crippen LogP contribution in [0.25, 0.3) is 11.1 Å². The summed E-state index contributed by atoms with van der Waals surface area (Å²) in [4.78, 5) is 16.5. The van der Waals surface area contributed by atoms with Crippen LogP contribution < -0.4 is 4.74 Å². The molecule has 4 rings (SSSR count). The van der Waals surface area contributed by atoms with Gasteiger partial charge in [-0.3, -0.25) is 0 Å². The first kappa shape index (κ1) is 26.8. The van der Waals surface area contributed by atoms with E-state index in [-0.39, 0.29) is 30.2 Å². The first-order valence-corrected chi connectivity index (χ1v) is 12.2. The first-order valence-electron chi connectivity index (χ1n) is 11.4. The van der Waals surface area contributed by atoms with Crippen molar-refractivity contribution in [2.75, 3.05) is 6.61 Å². The van der Waals surface area contributed by atoms with Crippen LogP contribution in [0.3, 0.4) is 0 Å². The van der Waals surface area contributed by atoms with Crippen LogP contribution in [0.15, 0.2) is 53.1 Å². The second kappa shape index (κ2) is 11.0. The Balaban J connectivity index is 1.68. The molecule has 0 radical (unpaired) electrons. The summed E-state index contributed by atoms with van der Waals surface area (Å²) in [6, 6.07) is 8.30. The van der Waals surface area contributed by atoms with Gasteiger partial charge in [-0.05, 0) is 89.2 Å². The van der Waals surface area contributed by atoms with E-state index in [4.69, 9.17) is 9.47 Å². The van der Waals surface area contributed by atoms with Gasteiger partial charge in [-0.25, -0.2) is 18.6 Å². The van der Waals surface area contributed by atoms with Crippen LogP contribution in [0, 0.1) is 11.6 Å². The molecule has 1 aliphatic carbocycles. The summed E-state index contributed by atoms with van der Waals surface area (Å²) in [5.41, 5.74) is 1.68. The Labute approximate surface area is 218 Å². The fourth-order valence-electron chi connectivity index (χ4n) is 4.18. The smallest absolute Gasteiger partial charge is 0.416 e. The average molecular weight is 582 g/mol. The Morgan fingerprint density at radius 1 is 1.03 bits per heavy atom. The molecule has 3 aromatic rings. The van der Waals surface area contributed by atoms with Crippen molar-refractivity contribution in [1.82, 2.24) is 4.98 Å². The number of benzene rings is 2. The monoisotopic (exact) mass is 581 g/mol. The second-order valence-corrected chi connectivity index (χ2v) is 9.24. The largest absolute Gasteiger partial charge is 0.472 e. The molecule has 0 amide bonds. The lowest BCUT2D eigenvalue weighted by molar-refractivity contribution is -0.137. The molecule has 0 aliphatic heterocycles. The minimum absolute atomic E-state index is 0.0538. The molecule has 0 atom stereocenters. The molecular formula is C27H21BrF5NO3. The quantitative estimate of drug-likeness (QED) is 0.209. The average Bonchev–Trinajstić information content (AvgIpc) is 3.33. The number of carbonyl (C=O) groups is 1. The van der Waals surface area contributed by atoms with E-state index >= 15 is 0 Å². The fraction of sp³-hybridized carbons (Fsp3) is 0.259. The van der Waals surface area contributed by atoms with Crippen molar-refractivity contribution >= 4 is 33.0 Å². The molecule has 1 aromatic heterocycles. The molecular weight excluding hydrogens is 561 g/mol. The van der Waals surface area contributed by atoms with Gasteiger partial charge in [0.15, 0.2) is 0 Å². The molecule has 4 nitrogen and oxygen atoms in total. The van der Waals surface area contributed by atoms with Crippen LogP contribution in [0.2, 0.25) is 0 Å². The fourth-order valence-corrected chi connectivity index (χ4v) is 4.51. The summed E-state index contributed by atoms with van der Waals surface area (Å²) >= 11 is 3.39. The molecule has 0 N–H and O–H groups in total. The van der Waals surface area contributed by atoms with Crippen molar-refractivity contribution in [3.05, 3.63) is 92.6 Å². The van der Waals surface area contributed by atoms with Crippen LogP contribution in [-0.2, 0) is 17.5 Å². The Bertz CT molecular complexity index is 1370. The van der Waals surface area contributed by atoms with E-state index in [9.17, 15) is 26.7 Å². The maximum absolute atomic E-state index is 14.3. The molecule has 0 spiro atoms. The summed E-state index contributed by atoms with van der Waals surface area (Å²) in [5.74, 6) is -2.31. The van der Waals surface area contributed by atoms with Gasteiger partial charge < -0.3 is 9.47 Å². The van der Waals surface area contributed by atoms with Gasteiger partial charge in [0, 0.05) is 21.8 Å². The van der Waals surface area contributed by atoms with E-state index < -0.39 is 29.3 Å². The number of carbonyl (C=O) groups excluding carboxylic acids is 1. The molecule has 0 unspecified atom stereocenters. The lowest BCUT2D eigenvalue weighted by Crippen LogP contribution is -2.08. The molecule has 0 fully saturated rings. The standard InChI is InChI=1S/C27H21BrF5NO3/c1-2-36-26(35)22-10-15(7-9-23(22)29)19-4-3-5-20(19)21-12-18(28)13-34-25(21)37-14-16-6-8-17(11-24(16)30)27(31,32)33/h6-13H,2-5,14H2,1H3. The van der Waals surface area contributed by atoms with Crippen LogP contribution >= 0.6 is 15.9 Å². The van der Waals surface area contributed by atoms with Gasteiger partial charge in [0.1, 0.15) is 18.2 Å². The Morgan fingerprint density at radius 3 is 2.49 bits per heavy atom. The molecule has 2 aromatic carbocycles.